The number of nitrogens with zero attached hydrogens (tertiary/aromatic N) is 1. The molecule has 1 heterocycles. The molecule has 0 saturated carbocycles. The molecule has 0 unspecified atom stereocenters. The van der Waals surface area contributed by atoms with E-state index in [4.69, 9.17) is 14.9 Å². The number of hydrogen-bond donors (Lipinski definition) is 2. The van der Waals surface area contributed by atoms with Crippen molar-refractivity contribution in [2.24, 2.45) is 0 Å². The van der Waals surface area contributed by atoms with Crippen molar-refractivity contribution >= 4 is 11.9 Å². The molecule has 0 aliphatic heterocycles. The van der Waals surface area contributed by atoms with Gasteiger partial charge in [0.25, 0.3) is 0 Å². The van der Waals surface area contributed by atoms with Gasteiger partial charge in [-0.25, -0.2) is 4.39 Å². The van der Waals surface area contributed by atoms with Crippen molar-refractivity contribution in [3.8, 4) is 5.75 Å². The van der Waals surface area contributed by atoms with E-state index in [0.717, 1.165) is 17.8 Å². The molecule has 0 amide bonds. The van der Waals surface area contributed by atoms with Crippen LogP contribution in [0.4, 0.5) is 4.39 Å². The Kier molecular flexibility index (Phi) is 4.67. The van der Waals surface area contributed by atoms with Gasteiger partial charge in [-0.2, -0.15) is 0 Å². The summed E-state index contributed by atoms with van der Waals surface area (Å²) < 4.78 is 19.2. The lowest BCUT2D eigenvalue weighted by molar-refractivity contribution is -0.150. The quantitative estimate of drug-likeness (QED) is 0.793. The maximum absolute atomic E-state index is 13.9. The molecule has 22 heavy (non-hydrogen) atoms. The number of aliphatic carboxylic acids is 2. The zero-order valence-corrected chi connectivity index (χ0v) is 11.3. The van der Waals surface area contributed by atoms with Crippen LogP contribution in [-0.4, -0.2) is 27.1 Å². The van der Waals surface area contributed by atoms with Gasteiger partial charge in [0.05, 0.1) is 6.20 Å². The SMILES string of the molecule is O=C(O)C(C(=O)O)c1ncc(OCc2ccccc2)cc1F. The van der Waals surface area contributed by atoms with E-state index in [-0.39, 0.29) is 12.4 Å². The van der Waals surface area contributed by atoms with Crippen molar-refractivity contribution in [1.29, 1.82) is 0 Å². The number of hydrogen-bond acceptors (Lipinski definition) is 4. The van der Waals surface area contributed by atoms with Crippen LogP contribution in [0.15, 0.2) is 42.6 Å². The van der Waals surface area contributed by atoms with Crippen LogP contribution >= 0.6 is 0 Å². The number of pyridine rings is 1. The summed E-state index contributed by atoms with van der Waals surface area (Å²) in [6.07, 6.45) is 1.10. The number of carbonyl (C=O) groups is 2. The van der Waals surface area contributed by atoms with E-state index in [1.54, 1.807) is 0 Å². The minimum atomic E-state index is -2.05. The Morgan fingerprint density at radius 3 is 2.36 bits per heavy atom. The van der Waals surface area contributed by atoms with Gasteiger partial charge in [0.1, 0.15) is 23.9 Å². The lowest BCUT2D eigenvalue weighted by Crippen LogP contribution is -2.23. The Morgan fingerprint density at radius 1 is 1.18 bits per heavy atom. The third kappa shape index (κ3) is 3.57. The fourth-order valence-electron chi connectivity index (χ4n) is 1.80. The van der Waals surface area contributed by atoms with Gasteiger partial charge in [-0.1, -0.05) is 30.3 Å². The molecule has 1 aromatic heterocycles. The van der Waals surface area contributed by atoms with Gasteiger partial charge in [-0.05, 0) is 5.56 Å². The molecule has 0 fully saturated rings. The second kappa shape index (κ2) is 6.66. The van der Waals surface area contributed by atoms with Gasteiger partial charge in [-0.15, -0.1) is 0 Å². The minimum Gasteiger partial charge on any atom is -0.487 e. The molecule has 1 aromatic carbocycles. The summed E-state index contributed by atoms with van der Waals surface area (Å²) >= 11 is 0. The van der Waals surface area contributed by atoms with Crippen LogP contribution in [-0.2, 0) is 16.2 Å². The summed E-state index contributed by atoms with van der Waals surface area (Å²) in [6, 6.07) is 10.1. The molecule has 2 N–H and O–H groups in total. The largest absolute Gasteiger partial charge is 0.487 e. The average molecular weight is 305 g/mol. The van der Waals surface area contributed by atoms with Gasteiger partial charge < -0.3 is 14.9 Å². The molecule has 6 nitrogen and oxygen atoms in total. The van der Waals surface area contributed by atoms with Gasteiger partial charge in [0.15, 0.2) is 5.92 Å². The highest BCUT2D eigenvalue weighted by atomic mass is 19.1. The molecule has 7 heteroatoms. The summed E-state index contributed by atoms with van der Waals surface area (Å²) in [5.41, 5.74) is 0.202. The molecular formula is C15H12FNO5. The summed E-state index contributed by atoms with van der Waals surface area (Å²) in [5, 5.41) is 17.6. The molecule has 0 radical (unpaired) electrons. The Bertz CT molecular complexity index is 676. The van der Waals surface area contributed by atoms with E-state index in [1.165, 1.54) is 0 Å². The standard InChI is InChI=1S/C15H12FNO5/c16-11-6-10(22-8-9-4-2-1-3-5-9)7-17-13(11)12(14(18)19)15(20)21/h1-7,12H,8H2,(H,18,19)(H,20,21). The van der Waals surface area contributed by atoms with Crippen LogP contribution < -0.4 is 4.74 Å². The second-order valence-electron chi connectivity index (χ2n) is 4.42. The third-order valence-corrected chi connectivity index (χ3v) is 2.86. The fraction of sp³-hybridized carbons (Fsp3) is 0.133. The second-order valence-corrected chi connectivity index (χ2v) is 4.42. The van der Waals surface area contributed by atoms with E-state index in [2.05, 4.69) is 4.98 Å². The molecule has 0 aliphatic carbocycles. The molecule has 2 aromatic rings. The van der Waals surface area contributed by atoms with Crippen molar-refractivity contribution in [2.45, 2.75) is 12.5 Å². The number of rotatable bonds is 6. The van der Waals surface area contributed by atoms with E-state index < -0.39 is 29.4 Å². The van der Waals surface area contributed by atoms with E-state index in [9.17, 15) is 14.0 Å². The molecule has 0 spiro atoms. The molecule has 0 bridgehead atoms. The van der Waals surface area contributed by atoms with Crippen LogP contribution in [0.5, 0.6) is 5.75 Å². The zero-order valence-electron chi connectivity index (χ0n) is 11.3. The monoisotopic (exact) mass is 305 g/mol. The van der Waals surface area contributed by atoms with Crippen molar-refractivity contribution in [3.05, 3.63) is 59.7 Å². The first-order valence-corrected chi connectivity index (χ1v) is 6.27. The lowest BCUT2D eigenvalue weighted by Gasteiger charge is -2.10. The number of halogens is 1. The first-order valence-electron chi connectivity index (χ1n) is 6.27. The van der Waals surface area contributed by atoms with E-state index >= 15 is 0 Å². The number of carboxylic acids is 2. The molecule has 0 aliphatic rings. The van der Waals surface area contributed by atoms with Crippen molar-refractivity contribution < 1.29 is 28.9 Å². The number of aromatic nitrogens is 1. The highest BCUT2D eigenvalue weighted by Crippen LogP contribution is 2.22. The Morgan fingerprint density at radius 2 is 1.82 bits per heavy atom. The van der Waals surface area contributed by atoms with Crippen molar-refractivity contribution in [3.63, 3.8) is 0 Å². The summed E-state index contributed by atoms with van der Waals surface area (Å²) in [5.74, 6) is -6.38. The normalized spacial score (nSPS) is 10.5. The highest BCUT2D eigenvalue weighted by Gasteiger charge is 2.32. The first-order chi connectivity index (χ1) is 10.5. The Balaban J connectivity index is 2.15. The average Bonchev–Trinajstić information content (AvgIpc) is 2.48. The molecule has 0 saturated heterocycles. The van der Waals surface area contributed by atoms with Gasteiger partial charge in [0, 0.05) is 6.07 Å². The maximum atomic E-state index is 13.9. The summed E-state index contributed by atoms with van der Waals surface area (Å²) in [4.78, 5) is 25.3. The summed E-state index contributed by atoms with van der Waals surface area (Å²) in [6.45, 7) is 0.183. The minimum absolute atomic E-state index is 0.0830. The van der Waals surface area contributed by atoms with Gasteiger partial charge in [0.2, 0.25) is 0 Å². The number of carboxylic acid groups (broad SMARTS) is 2. The van der Waals surface area contributed by atoms with Crippen LogP contribution in [0.25, 0.3) is 0 Å². The first kappa shape index (κ1) is 15.4. The smallest absolute Gasteiger partial charge is 0.324 e. The predicted octanol–water partition coefficient (Wildman–Crippen LogP) is 2.05. The molecule has 0 atom stereocenters. The van der Waals surface area contributed by atoms with Gasteiger partial charge in [-0.3, -0.25) is 14.6 Å². The Hall–Kier alpha value is -2.96. The molecular weight excluding hydrogens is 293 g/mol. The van der Waals surface area contributed by atoms with E-state index in [1.807, 2.05) is 30.3 Å². The number of ether oxygens (including phenoxy) is 1. The summed E-state index contributed by atoms with van der Waals surface area (Å²) in [7, 11) is 0. The van der Waals surface area contributed by atoms with Crippen LogP contribution in [0.1, 0.15) is 17.2 Å². The number of benzene rings is 1. The van der Waals surface area contributed by atoms with Crippen molar-refractivity contribution in [1.82, 2.24) is 4.98 Å². The lowest BCUT2D eigenvalue weighted by atomic mass is 10.1. The highest BCUT2D eigenvalue weighted by molar-refractivity contribution is 5.98. The topological polar surface area (TPSA) is 96.7 Å². The van der Waals surface area contributed by atoms with Crippen LogP contribution in [0.2, 0.25) is 0 Å². The maximum Gasteiger partial charge on any atom is 0.324 e. The zero-order chi connectivity index (χ0) is 16.1. The fourth-order valence-corrected chi connectivity index (χ4v) is 1.80. The predicted molar refractivity (Wildman–Crippen MR) is 73.0 cm³/mol. The molecule has 2 rings (SSSR count). The Labute approximate surface area is 124 Å². The van der Waals surface area contributed by atoms with Gasteiger partial charge >= 0.3 is 11.9 Å². The molecule has 114 valence electrons. The van der Waals surface area contributed by atoms with Crippen LogP contribution in [0.3, 0.4) is 0 Å². The van der Waals surface area contributed by atoms with Crippen LogP contribution in [0, 0.1) is 5.82 Å². The van der Waals surface area contributed by atoms with Crippen molar-refractivity contribution in [2.75, 3.05) is 0 Å². The van der Waals surface area contributed by atoms with E-state index in [0.29, 0.717) is 0 Å². The third-order valence-electron chi connectivity index (χ3n) is 2.86.